The SMILES string of the molecule is O=C(Nc1ccccc1C#CCCO)c1ccc(=O)[nH]c1. The highest BCUT2D eigenvalue weighted by molar-refractivity contribution is 6.04. The summed E-state index contributed by atoms with van der Waals surface area (Å²) in [6.07, 6.45) is 1.74. The molecule has 1 aromatic heterocycles. The summed E-state index contributed by atoms with van der Waals surface area (Å²) < 4.78 is 0. The number of benzene rings is 1. The van der Waals surface area contributed by atoms with Crippen LogP contribution >= 0.6 is 0 Å². The van der Waals surface area contributed by atoms with Crippen LogP contribution in [0, 0.1) is 11.8 Å². The molecule has 0 fully saturated rings. The topological polar surface area (TPSA) is 82.2 Å². The maximum Gasteiger partial charge on any atom is 0.257 e. The number of para-hydroxylation sites is 1. The molecule has 0 unspecified atom stereocenters. The first kappa shape index (κ1) is 14.6. The molecule has 5 nitrogen and oxygen atoms in total. The average Bonchev–Trinajstić information content (AvgIpc) is 2.50. The van der Waals surface area contributed by atoms with Crippen LogP contribution in [0.2, 0.25) is 0 Å². The van der Waals surface area contributed by atoms with E-state index in [2.05, 4.69) is 22.1 Å². The smallest absolute Gasteiger partial charge is 0.257 e. The van der Waals surface area contributed by atoms with Gasteiger partial charge in [0.1, 0.15) is 0 Å². The van der Waals surface area contributed by atoms with Crippen molar-refractivity contribution in [2.24, 2.45) is 0 Å². The van der Waals surface area contributed by atoms with Crippen molar-refractivity contribution in [3.63, 3.8) is 0 Å². The highest BCUT2D eigenvalue weighted by atomic mass is 16.2. The number of aromatic nitrogens is 1. The van der Waals surface area contributed by atoms with Crippen molar-refractivity contribution >= 4 is 11.6 Å². The van der Waals surface area contributed by atoms with Gasteiger partial charge in [-0.2, -0.15) is 0 Å². The molecule has 3 N–H and O–H groups in total. The number of carbonyl (C=O) groups excluding carboxylic acids is 1. The van der Waals surface area contributed by atoms with Gasteiger partial charge in [0.05, 0.1) is 17.9 Å². The van der Waals surface area contributed by atoms with Gasteiger partial charge in [0.15, 0.2) is 0 Å². The molecule has 2 rings (SSSR count). The lowest BCUT2D eigenvalue weighted by Gasteiger charge is -2.07. The molecule has 106 valence electrons. The van der Waals surface area contributed by atoms with E-state index in [1.807, 2.05) is 6.07 Å². The van der Waals surface area contributed by atoms with E-state index in [0.717, 1.165) is 0 Å². The zero-order valence-corrected chi connectivity index (χ0v) is 11.2. The van der Waals surface area contributed by atoms with Crippen LogP contribution in [0.25, 0.3) is 0 Å². The predicted molar refractivity (Wildman–Crippen MR) is 80.0 cm³/mol. The summed E-state index contributed by atoms with van der Waals surface area (Å²) in [5, 5.41) is 11.5. The molecule has 0 saturated heterocycles. The quantitative estimate of drug-likeness (QED) is 0.743. The van der Waals surface area contributed by atoms with Gasteiger partial charge in [0.2, 0.25) is 5.56 Å². The fourth-order valence-electron chi connectivity index (χ4n) is 1.66. The van der Waals surface area contributed by atoms with Crippen LogP contribution in [0.4, 0.5) is 5.69 Å². The number of aromatic amines is 1. The largest absolute Gasteiger partial charge is 0.395 e. The number of anilines is 1. The van der Waals surface area contributed by atoms with Crippen LogP contribution in [0.15, 0.2) is 47.4 Å². The standard InChI is InChI=1S/C16H14N2O3/c19-10-4-3-6-12-5-1-2-7-14(12)18-16(21)13-8-9-15(20)17-11-13/h1-2,5,7-9,11,19H,4,10H2,(H,17,20)(H,18,21). The van der Waals surface area contributed by atoms with Crippen molar-refractivity contribution < 1.29 is 9.90 Å². The second kappa shape index (κ2) is 7.08. The van der Waals surface area contributed by atoms with E-state index in [4.69, 9.17) is 5.11 Å². The average molecular weight is 282 g/mol. The van der Waals surface area contributed by atoms with E-state index in [0.29, 0.717) is 23.2 Å². The number of rotatable bonds is 3. The highest BCUT2D eigenvalue weighted by Crippen LogP contribution is 2.14. The Bertz CT molecular complexity index is 733. The molecule has 0 aliphatic rings. The number of amides is 1. The third-order valence-corrected chi connectivity index (χ3v) is 2.68. The maximum absolute atomic E-state index is 12.1. The van der Waals surface area contributed by atoms with Crippen LogP contribution < -0.4 is 10.9 Å². The second-order valence-corrected chi connectivity index (χ2v) is 4.22. The Labute approximate surface area is 121 Å². The monoisotopic (exact) mass is 282 g/mol. The third kappa shape index (κ3) is 4.06. The van der Waals surface area contributed by atoms with E-state index in [-0.39, 0.29) is 18.1 Å². The van der Waals surface area contributed by atoms with Gasteiger partial charge in [0.25, 0.3) is 5.91 Å². The molecular weight excluding hydrogens is 268 g/mol. The number of carbonyl (C=O) groups is 1. The van der Waals surface area contributed by atoms with Gasteiger partial charge in [-0.1, -0.05) is 24.0 Å². The number of hydrogen-bond donors (Lipinski definition) is 3. The lowest BCUT2D eigenvalue weighted by molar-refractivity contribution is 0.102. The minimum atomic E-state index is -0.331. The predicted octanol–water partition coefficient (Wildman–Crippen LogP) is 1.36. The zero-order valence-electron chi connectivity index (χ0n) is 11.2. The van der Waals surface area contributed by atoms with Gasteiger partial charge in [-0.3, -0.25) is 9.59 Å². The maximum atomic E-state index is 12.1. The fraction of sp³-hybridized carbons (Fsp3) is 0.125. The first-order chi connectivity index (χ1) is 10.2. The Morgan fingerprint density at radius 1 is 1.24 bits per heavy atom. The van der Waals surface area contributed by atoms with Crippen LogP contribution in [0.5, 0.6) is 0 Å². The lowest BCUT2D eigenvalue weighted by atomic mass is 10.1. The van der Waals surface area contributed by atoms with Crippen LogP contribution in [-0.2, 0) is 0 Å². The molecule has 0 atom stereocenters. The number of nitrogens with one attached hydrogen (secondary N) is 2. The molecule has 1 heterocycles. The summed E-state index contributed by atoms with van der Waals surface area (Å²) >= 11 is 0. The van der Waals surface area contributed by atoms with Crippen LogP contribution in [-0.4, -0.2) is 22.6 Å². The minimum Gasteiger partial charge on any atom is -0.395 e. The molecule has 2 aromatic rings. The summed E-state index contributed by atoms with van der Waals surface area (Å²) in [6.45, 7) is -0.00109. The van der Waals surface area contributed by atoms with E-state index < -0.39 is 0 Å². The zero-order chi connectivity index (χ0) is 15.1. The van der Waals surface area contributed by atoms with Crippen molar-refractivity contribution in [3.05, 3.63) is 64.1 Å². The normalized spacial score (nSPS) is 9.57. The van der Waals surface area contributed by atoms with Crippen molar-refractivity contribution in [3.8, 4) is 11.8 Å². The Kier molecular flexibility index (Phi) is 4.91. The van der Waals surface area contributed by atoms with E-state index in [1.165, 1.54) is 18.3 Å². The molecule has 0 aliphatic carbocycles. The molecule has 0 bridgehead atoms. The van der Waals surface area contributed by atoms with Gasteiger partial charge in [0, 0.05) is 24.2 Å². The first-order valence-corrected chi connectivity index (χ1v) is 6.39. The van der Waals surface area contributed by atoms with Gasteiger partial charge in [-0.05, 0) is 18.2 Å². The van der Waals surface area contributed by atoms with Crippen molar-refractivity contribution in [2.45, 2.75) is 6.42 Å². The number of hydrogen-bond acceptors (Lipinski definition) is 3. The summed E-state index contributed by atoms with van der Waals surface area (Å²) in [5.74, 6) is 5.38. The molecule has 21 heavy (non-hydrogen) atoms. The molecule has 1 amide bonds. The van der Waals surface area contributed by atoms with Gasteiger partial charge in [-0.15, -0.1) is 0 Å². The molecule has 0 aliphatic heterocycles. The van der Waals surface area contributed by atoms with E-state index in [1.54, 1.807) is 18.2 Å². The van der Waals surface area contributed by atoms with Gasteiger partial charge < -0.3 is 15.4 Å². The Morgan fingerprint density at radius 3 is 2.76 bits per heavy atom. The second-order valence-electron chi connectivity index (χ2n) is 4.22. The molecular formula is C16H14N2O3. The first-order valence-electron chi connectivity index (χ1n) is 6.39. The van der Waals surface area contributed by atoms with Crippen molar-refractivity contribution in [1.82, 2.24) is 4.98 Å². The van der Waals surface area contributed by atoms with Crippen molar-refractivity contribution in [1.29, 1.82) is 0 Å². The van der Waals surface area contributed by atoms with E-state index in [9.17, 15) is 9.59 Å². The Morgan fingerprint density at radius 2 is 2.05 bits per heavy atom. The van der Waals surface area contributed by atoms with E-state index >= 15 is 0 Å². The molecule has 0 saturated carbocycles. The summed E-state index contributed by atoms with van der Waals surface area (Å²) in [4.78, 5) is 25.5. The highest BCUT2D eigenvalue weighted by Gasteiger charge is 2.07. The number of H-pyrrole nitrogens is 1. The third-order valence-electron chi connectivity index (χ3n) is 2.68. The summed E-state index contributed by atoms with van der Waals surface area (Å²) in [5.41, 5.74) is 1.34. The number of pyridine rings is 1. The minimum absolute atomic E-state index is 0.00109. The molecule has 0 radical (unpaired) electrons. The van der Waals surface area contributed by atoms with Crippen molar-refractivity contribution in [2.75, 3.05) is 11.9 Å². The summed E-state index contributed by atoms with van der Waals surface area (Å²) in [6, 6.07) is 9.88. The fourth-order valence-corrected chi connectivity index (χ4v) is 1.66. The van der Waals surface area contributed by atoms with Gasteiger partial charge >= 0.3 is 0 Å². The molecule has 5 heteroatoms. The number of aliphatic hydroxyl groups is 1. The number of aliphatic hydroxyl groups excluding tert-OH is 1. The molecule has 1 aromatic carbocycles. The summed E-state index contributed by atoms with van der Waals surface area (Å²) in [7, 11) is 0. The molecule has 0 spiro atoms. The van der Waals surface area contributed by atoms with Crippen LogP contribution in [0.1, 0.15) is 22.3 Å². The Hall–Kier alpha value is -2.84. The lowest BCUT2D eigenvalue weighted by Crippen LogP contribution is -2.15. The van der Waals surface area contributed by atoms with Gasteiger partial charge in [-0.25, -0.2) is 0 Å². The van der Waals surface area contributed by atoms with Crippen LogP contribution in [0.3, 0.4) is 0 Å². The Balaban J connectivity index is 2.20.